The van der Waals surface area contributed by atoms with Gasteiger partial charge in [-0.1, -0.05) is 26.0 Å². The fourth-order valence-corrected chi connectivity index (χ4v) is 0.690. The third-order valence-electron chi connectivity index (χ3n) is 1.44. The Hall–Kier alpha value is -1.58. The molecule has 0 fully saturated rings. The van der Waals surface area contributed by atoms with E-state index in [1.807, 2.05) is 6.92 Å². The molecule has 0 aliphatic rings. The third-order valence-corrected chi connectivity index (χ3v) is 1.44. The van der Waals surface area contributed by atoms with E-state index >= 15 is 0 Å². The Morgan fingerprint density at radius 1 is 1.20 bits per heavy atom. The van der Waals surface area contributed by atoms with Gasteiger partial charge < -0.3 is 9.47 Å². The monoisotopic (exact) mass is 212 g/mol. The van der Waals surface area contributed by atoms with E-state index in [0.717, 1.165) is 25.0 Å². The minimum absolute atomic E-state index is 0.133. The molecule has 0 rings (SSSR count). The molecule has 84 valence electrons. The molecule has 4 heteroatoms. The second kappa shape index (κ2) is 8.99. The molecule has 0 aliphatic carbocycles. The fourth-order valence-electron chi connectivity index (χ4n) is 0.690. The van der Waals surface area contributed by atoms with Crippen molar-refractivity contribution in [1.29, 1.82) is 0 Å². The van der Waals surface area contributed by atoms with Gasteiger partial charge in [-0.2, -0.15) is 0 Å². The number of esters is 2. The van der Waals surface area contributed by atoms with Crippen molar-refractivity contribution in [3.8, 4) is 0 Å². The molecule has 0 bridgehead atoms. The van der Waals surface area contributed by atoms with Crippen LogP contribution in [0.4, 0.5) is 0 Å². The molecular weight excluding hydrogens is 196 g/mol. The molecule has 0 N–H and O–H groups in total. The SMILES string of the molecule is C=CCOC(=O)C=CC(=O)OCCCC. The van der Waals surface area contributed by atoms with Gasteiger partial charge in [0.1, 0.15) is 6.61 Å². The molecule has 0 aliphatic heterocycles. The van der Waals surface area contributed by atoms with Crippen molar-refractivity contribution in [2.75, 3.05) is 13.2 Å². The van der Waals surface area contributed by atoms with Crippen molar-refractivity contribution in [2.24, 2.45) is 0 Å². The predicted molar refractivity (Wildman–Crippen MR) is 56.2 cm³/mol. The maximum absolute atomic E-state index is 11.0. The van der Waals surface area contributed by atoms with Gasteiger partial charge in [-0.05, 0) is 6.42 Å². The first-order chi connectivity index (χ1) is 7.20. The van der Waals surface area contributed by atoms with Gasteiger partial charge in [0.15, 0.2) is 0 Å². The lowest BCUT2D eigenvalue weighted by atomic mass is 10.4. The molecule has 0 aromatic heterocycles. The molecule has 15 heavy (non-hydrogen) atoms. The molecule has 0 amide bonds. The van der Waals surface area contributed by atoms with Crippen LogP contribution >= 0.6 is 0 Å². The van der Waals surface area contributed by atoms with Gasteiger partial charge in [0.2, 0.25) is 0 Å². The van der Waals surface area contributed by atoms with E-state index in [1.54, 1.807) is 0 Å². The van der Waals surface area contributed by atoms with Gasteiger partial charge in [-0.3, -0.25) is 0 Å². The average Bonchev–Trinajstić information content (AvgIpc) is 2.24. The average molecular weight is 212 g/mol. The zero-order valence-electron chi connectivity index (χ0n) is 8.90. The Labute approximate surface area is 89.6 Å². The summed E-state index contributed by atoms with van der Waals surface area (Å²) >= 11 is 0. The Kier molecular flexibility index (Phi) is 8.05. The van der Waals surface area contributed by atoms with Crippen LogP contribution in [0.5, 0.6) is 0 Å². The van der Waals surface area contributed by atoms with E-state index in [9.17, 15) is 9.59 Å². The van der Waals surface area contributed by atoms with Crippen LogP contribution in [0.15, 0.2) is 24.8 Å². The van der Waals surface area contributed by atoms with Gasteiger partial charge in [0, 0.05) is 12.2 Å². The zero-order chi connectivity index (χ0) is 11.5. The summed E-state index contributed by atoms with van der Waals surface area (Å²) in [5.74, 6) is -1.11. The lowest BCUT2D eigenvalue weighted by molar-refractivity contribution is -0.140. The van der Waals surface area contributed by atoms with Gasteiger partial charge in [-0.15, -0.1) is 0 Å². The van der Waals surface area contributed by atoms with Gasteiger partial charge in [0.25, 0.3) is 0 Å². The van der Waals surface area contributed by atoms with Crippen molar-refractivity contribution in [2.45, 2.75) is 19.8 Å². The number of ether oxygens (including phenoxy) is 2. The highest BCUT2D eigenvalue weighted by molar-refractivity contribution is 5.91. The molecular formula is C11H16O4. The number of hydrogen-bond acceptors (Lipinski definition) is 4. The maximum atomic E-state index is 11.0. The zero-order valence-corrected chi connectivity index (χ0v) is 8.90. The van der Waals surface area contributed by atoms with E-state index < -0.39 is 11.9 Å². The fraction of sp³-hybridized carbons (Fsp3) is 0.455. The summed E-state index contributed by atoms with van der Waals surface area (Å²) in [7, 11) is 0. The normalized spacial score (nSPS) is 9.93. The molecule has 0 saturated carbocycles. The molecule has 0 radical (unpaired) electrons. The van der Waals surface area contributed by atoms with Crippen LogP contribution in [-0.2, 0) is 19.1 Å². The Bertz CT molecular complexity index is 243. The number of hydrogen-bond donors (Lipinski definition) is 0. The Balaban J connectivity index is 3.69. The largest absolute Gasteiger partial charge is 0.463 e. The summed E-state index contributed by atoms with van der Waals surface area (Å²) < 4.78 is 9.40. The van der Waals surface area contributed by atoms with E-state index in [2.05, 4.69) is 11.3 Å². The summed E-state index contributed by atoms with van der Waals surface area (Å²) in [6.45, 7) is 5.89. The number of unbranched alkanes of at least 4 members (excludes halogenated alkanes) is 1. The Morgan fingerprint density at radius 2 is 1.80 bits per heavy atom. The summed E-state index contributed by atoms with van der Waals surface area (Å²) in [5, 5.41) is 0. The van der Waals surface area contributed by atoms with E-state index in [4.69, 9.17) is 4.74 Å². The summed E-state index contributed by atoms with van der Waals surface area (Å²) in [6.07, 6.45) is 5.32. The quantitative estimate of drug-likeness (QED) is 0.278. The van der Waals surface area contributed by atoms with E-state index in [1.165, 1.54) is 6.08 Å². The Morgan fingerprint density at radius 3 is 2.33 bits per heavy atom. The van der Waals surface area contributed by atoms with Crippen molar-refractivity contribution in [1.82, 2.24) is 0 Å². The van der Waals surface area contributed by atoms with Crippen molar-refractivity contribution < 1.29 is 19.1 Å². The minimum atomic E-state index is -0.581. The highest BCUT2D eigenvalue weighted by Gasteiger charge is 1.99. The third kappa shape index (κ3) is 8.74. The first kappa shape index (κ1) is 13.4. The highest BCUT2D eigenvalue weighted by atomic mass is 16.5. The summed E-state index contributed by atoms with van der Waals surface area (Å²) in [6, 6.07) is 0. The first-order valence-electron chi connectivity index (χ1n) is 4.83. The van der Waals surface area contributed by atoms with Crippen LogP contribution in [0, 0.1) is 0 Å². The van der Waals surface area contributed by atoms with Crippen LogP contribution in [0.3, 0.4) is 0 Å². The number of carbonyl (C=O) groups is 2. The number of carbonyl (C=O) groups excluding carboxylic acids is 2. The molecule has 0 unspecified atom stereocenters. The van der Waals surface area contributed by atoms with E-state index in [0.29, 0.717) is 6.61 Å². The number of rotatable bonds is 7. The summed E-state index contributed by atoms with van der Waals surface area (Å²) in [5.41, 5.74) is 0. The summed E-state index contributed by atoms with van der Waals surface area (Å²) in [4.78, 5) is 21.8. The van der Waals surface area contributed by atoms with Gasteiger partial charge in [0.05, 0.1) is 6.61 Å². The van der Waals surface area contributed by atoms with Crippen molar-refractivity contribution in [3.05, 3.63) is 24.8 Å². The van der Waals surface area contributed by atoms with Crippen LogP contribution in [0.1, 0.15) is 19.8 Å². The lowest BCUT2D eigenvalue weighted by Gasteiger charge is -1.99. The van der Waals surface area contributed by atoms with Crippen LogP contribution in [0.25, 0.3) is 0 Å². The molecule has 0 spiro atoms. The maximum Gasteiger partial charge on any atom is 0.331 e. The predicted octanol–water partition coefficient (Wildman–Crippen LogP) is 1.62. The second-order valence-corrected chi connectivity index (χ2v) is 2.77. The van der Waals surface area contributed by atoms with Gasteiger partial charge >= 0.3 is 11.9 Å². The van der Waals surface area contributed by atoms with Crippen LogP contribution in [-0.4, -0.2) is 25.2 Å². The van der Waals surface area contributed by atoms with Crippen molar-refractivity contribution in [3.63, 3.8) is 0 Å². The van der Waals surface area contributed by atoms with Crippen LogP contribution < -0.4 is 0 Å². The van der Waals surface area contributed by atoms with Gasteiger partial charge in [-0.25, -0.2) is 9.59 Å². The first-order valence-corrected chi connectivity index (χ1v) is 4.83. The lowest BCUT2D eigenvalue weighted by Crippen LogP contribution is -2.05. The second-order valence-electron chi connectivity index (χ2n) is 2.77. The standard InChI is InChI=1S/C11H16O4/c1-3-5-9-15-11(13)7-6-10(12)14-8-4-2/h4,6-7H,2-3,5,8-9H2,1H3. The molecule has 0 saturated heterocycles. The smallest absolute Gasteiger partial charge is 0.331 e. The van der Waals surface area contributed by atoms with Crippen LogP contribution in [0.2, 0.25) is 0 Å². The minimum Gasteiger partial charge on any atom is -0.463 e. The molecule has 0 heterocycles. The van der Waals surface area contributed by atoms with Crippen molar-refractivity contribution >= 4 is 11.9 Å². The molecule has 0 atom stereocenters. The topological polar surface area (TPSA) is 52.6 Å². The molecule has 0 aromatic carbocycles. The molecule has 0 aromatic rings. The highest BCUT2D eigenvalue weighted by Crippen LogP contribution is 1.90. The molecule has 4 nitrogen and oxygen atoms in total. The van der Waals surface area contributed by atoms with E-state index in [-0.39, 0.29) is 6.61 Å².